The molecule has 0 N–H and O–H groups in total. The van der Waals surface area contributed by atoms with Gasteiger partial charge in [-0.3, -0.25) is 0 Å². The number of allylic oxidation sites excluding steroid dienone is 2. The Kier molecular flexibility index (Phi) is 5.88. The van der Waals surface area contributed by atoms with Gasteiger partial charge in [-0.05, 0) is 44.6 Å². The quantitative estimate of drug-likeness (QED) is 0.699. The predicted octanol–water partition coefficient (Wildman–Crippen LogP) is 4.14. The lowest BCUT2D eigenvalue weighted by Crippen LogP contribution is -2.34. The summed E-state index contributed by atoms with van der Waals surface area (Å²) in [7, 11) is 2.16. The Labute approximate surface area is 113 Å². The van der Waals surface area contributed by atoms with Gasteiger partial charge in [0.25, 0.3) is 0 Å². The summed E-state index contributed by atoms with van der Waals surface area (Å²) in [5, 5.41) is 8.62. The van der Waals surface area contributed by atoms with E-state index in [1.54, 1.807) is 5.57 Å². The van der Waals surface area contributed by atoms with E-state index in [9.17, 15) is 0 Å². The molecule has 0 unspecified atom stereocenters. The molecule has 0 radical (unpaired) electrons. The Hall–Kier alpha value is -0.810. The van der Waals surface area contributed by atoms with E-state index in [0.29, 0.717) is 17.9 Å². The summed E-state index contributed by atoms with van der Waals surface area (Å²) in [6.07, 6.45) is 9.33. The smallest absolute Gasteiger partial charge is 0.0635 e. The molecule has 1 aliphatic rings. The second-order valence-electron chi connectivity index (χ2n) is 6.75. The molecule has 2 nitrogen and oxygen atoms in total. The monoisotopic (exact) mass is 248 g/mol. The highest BCUT2D eigenvalue weighted by Crippen LogP contribution is 2.29. The van der Waals surface area contributed by atoms with Gasteiger partial charge in [-0.15, -0.1) is 0 Å². The third kappa shape index (κ3) is 5.69. The summed E-state index contributed by atoms with van der Waals surface area (Å²) in [6, 6.07) is 2.92. The van der Waals surface area contributed by atoms with Crippen molar-refractivity contribution < 1.29 is 0 Å². The highest BCUT2D eigenvalue weighted by atomic mass is 15.1. The van der Waals surface area contributed by atoms with E-state index in [1.807, 2.05) is 0 Å². The van der Waals surface area contributed by atoms with Crippen LogP contribution in [-0.2, 0) is 0 Å². The molecule has 0 aromatic carbocycles. The first kappa shape index (κ1) is 15.2. The van der Waals surface area contributed by atoms with Crippen LogP contribution in [-0.4, -0.2) is 24.5 Å². The summed E-state index contributed by atoms with van der Waals surface area (Å²) in [5.74, 6) is 0. The molecule has 1 rings (SSSR count). The molecule has 0 amide bonds. The van der Waals surface area contributed by atoms with Crippen LogP contribution in [0.2, 0.25) is 0 Å². The predicted molar refractivity (Wildman–Crippen MR) is 77.3 cm³/mol. The van der Waals surface area contributed by atoms with Crippen LogP contribution in [0, 0.1) is 16.7 Å². The molecule has 1 aliphatic carbocycles. The van der Waals surface area contributed by atoms with E-state index in [1.165, 1.54) is 32.1 Å². The summed E-state index contributed by atoms with van der Waals surface area (Å²) < 4.78 is 0. The minimum Gasteiger partial charge on any atom is -0.302 e. The van der Waals surface area contributed by atoms with Crippen LogP contribution in [0.3, 0.4) is 0 Å². The standard InChI is InChI=1S/C16H28N2/c1-16(2,3)11-10-14-6-8-15(9-7-14)18(4)13-5-12-17/h10,15H,5-9,11,13H2,1-4H3. The first-order valence-corrected chi connectivity index (χ1v) is 7.17. The Morgan fingerprint density at radius 3 is 2.44 bits per heavy atom. The van der Waals surface area contributed by atoms with Crippen LogP contribution in [0.1, 0.15) is 59.3 Å². The van der Waals surface area contributed by atoms with Gasteiger partial charge < -0.3 is 4.90 Å². The largest absolute Gasteiger partial charge is 0.302 e. The first-order valence-electron chi connectivity index (χ1n) is 7.17. The number of rotatable bonds is 4. The van der Waals surface area contributed by atoms with Crippen molar-refractivity contribution in [3.63, 3.8) is 0 Å². The molecule has 102 valence electrons. The normalized spacial score (nSPS) is 20.9. The minimum atomic E-state index is 0.410. The molecule has 0 saturated heterocycles. The topological polar surface area (TPSA) is 27.0 Å². The van der Waals surface area contributed by atoms with Gasteiger partial charge in [0, 0.05) is 19.0 Å². The van der Waals surface area contributed by atoms with Crippen molar-refractivity contribution in [3.05, 3.63) is 11.6 Å². The number of nitriles is 1. The molecule has 1 fully saturated rings. The van der Waals surface area contributed by atoms with E-state index in [4.69, 9.17) is 5.26 Å². The molecular formula is C16H28N2. The van der Waals surface area contributed by atoms with Crippen LogP contribution in [0.4, 0.5) is 0 Å². The number of nitrogens with zero attached hydrogens (tertiary/aromatic N) is 2. The van der Waals surface area contributed by atoms with E-state index >= 15 is 0 Å². The fraction of sp³-hybridized carbons (Fsp3) is 0.812. The van der Waals surface area contributed by atoms with Gasteiger partial charge in [0.15, 0.2) is 0 Å². The van der Waals surface area contributed by atoms with Crippen molar-refractivity contribution in [2.45, 2.75) is 65.3 Å². The molecule has 0 bridgehead atoms. The van der Waals surface area contributed by atoms with Crippen molar-refractivity contribution in [3.8, 4) is 6.07 Å². The zero-order valence-electron chi connectivity index (χ0n) is 12.5. The summed E-state index contributed by atoms with van der Waals surface area (Å²) in [6.45, 7) is 7.81. The first-order chi connectivity index (χ1) is 8.42. The van der Waals surface area contributed by atoms with Crippen LogP contribution in [0.25, 0.3) is 0 Å². The average Bonchev–Trinajstić information content (AvgIpc) is 2.33. The summed E-state index contributed by atoms with van der Waals surface area (Å²) in [4.78, 5) is 2.36. The van der Waals surface area contributed by atoms with Gasteiger partial charge in [-0.1, -0.05) is 32.4 Å². The van der Waals surface area contributed by atoms with Crippen molar-refractivity contribution >= 4 is 0 Å². The minimum absolute atomic E-state index is 0.410. The Morgan fingerprint density at radius 2 is 1.94 bits per heavy atom. The average molecular weight is 248 g/mol. The van der Waals surface area contributed by atoms with Crippen molar-refractivity contribution in [2.75, 3.05) is 13.6 Å². The van der Waals surface area contributed by atoms with Crippen LogP contribution >= 0.6 is 0 Å². The zero-order chi connectivity index (χ0) is 13.6. The van der Waals surface area contributed by atoms with Gasteiger partial charge in [0.05, 0.1) is 6.07 Å². The Balaban J connectivity index is 2.34. The van der Waals surface area contributed by atoms with Gasteiger partial charge in [-0.2, -0.15) is 5.26 Å². The molecule has 0 atom stereocenters. The third-order valence-corrected chi connectivity index (χ3v) is 3.80. The molecule has 0 aromatic heterocycles. The van der Waals surface area contributed by atoms with Crippen molar-refractivity contribution in [1.29, 1.82) is 5.26 Å². The summed E-state index contributed by atoms with van der Waals surface area (Å²) in [5.41, 5.74) is 2.06. The van der Waals surface area contributed by atoms with Gasteiger partial charge >= 0.3 is 0 Å². The van der Waals surface area contributed by atoms with Gasteiger partial charge in [0.1, 0.15) is 0 Å². The van der Waals surface area contributed by atoms with Crippen molar-refractivity contribution in [2.24, 2.45) is 5.41 Å². The van der Waals surface area contributed by atoms with Gasteiger partial charge in [0.2, 0.25) is 0 Å². The molecule has 1 saturated carbocycles. The van der Waals surface area contributed by atoms with E-state index < -0.39 is 0 Å². The maximum Gasteiger partial charge on any atom is 0.0635 e. The lowest BCUT2D eigenvalue weighted by atomic mass is 9.86. The lowest BCUT2D eigenvalue weighted by Gasteiger charge is -2.32. The SMILES string of the molecule is CN(CCC#N)C1CCC(=CCC(C)(C)C)CC1. The maximum absolute atomic E-state index is 8.62. The molecule has 0 aromatic rings. The second kappa shape index (κ2) is 6.95. The highest BCUT2D eigenvalue weighted by Gasteiger charge is 2.20. The fourth-order valence-electron chi connectivity index (χ4n) is 2.48. The number of hydrogen-bond donors (Lipinski definition) is 0. The van der Waals surface area contributed by atoms with E-state index in [2.05, 4.69) is 44.9 Å². The lowest BCUT2D eigenvalue weighted by molar-refractivity contribution is 0.210. The molecule has 0 aliphatic heterocycles. The Morgan fingerprint density at radius 1 is 1.33 bits per heavy atom. The second-order valence-corrected chi connectivity index (χ2v) is 6.75. The Bertz CT molecular complexity index is 307. The zero-order valence-corrected chi connectivity index (χ0v) is 12.5. The molecule has 0 heterocycles. The van der Waals surface area contributed by atoms with Gasteiger partial charge in [-0.25, -0.2) is 0 Å². The van der Waals surface area contributed by atoms with Crippen LogP contribution in [0.15, 0.2) is 11.6 Å². The third-order valence-electron chi connectivity index (χ3n) is 3.80. The molecule has 18 heavy (non-hydrogen) atoms. The van der Waals surface area contributed by atoms with Crippen LogP contribution in [0.5, 0.6) is 0 Å². The van der Waals surface area contributed by atoms with E-state index in [-0.39, 0.29) is 0 Å². The molecule has 0 spiro atoms. The molecular weight excluding hydrogens is 220 g/mol. The maximum atomic E-state index is 8.62. The van der Waals surface area contributed by atoms with Crippen molar-refractivity contribution in [1.82, 2.24) is 4.90 Å². The number of hydrogen-bond acceptors (Lipinski definition) is 2. The fourth-order valence-corrected chi connectivity index (χ4v) is 2.48. The molecule has 2 heteroatoms. The highest BCUT2D eigenvalue weighted by molar-refractivity contribution is 5.07. The van der Waals surface area contributed by atoms with Crippen LogP contribution < -0.4 is 0 Å². The summed E-state index contributed by atoms with van der Waals surface area (Å²) >= 11 is 0. The van der Waals surface area contributed by atoms with E-state index in [0.717, 1.165) is 6.54 Å².